The van der Waals surface area contributed by atoms with Crippen molar-refractivity contribution in [1.82, 2.24) is 4.57 Å². The summed E-state index contributed by atoms with van der Waals surface area (Å²) in [6, 6.07) is 62.8. The summed E-state index contributed by atoms with van der Waals surface area (Å²) in [5.74, 6) is 0. The van der Waals surface area contributed by atoms with Crippen LogP contribution in [0.4, 0.5) is 17.1 Å². The molecule has 0 fully saturated rings. The Bertz CT molecular complexity index is 2440. The zero-order chi connectivity index (χ0) is 31.1. The molecule has 3 heteroatoms. The standard InChI is InChI=1S/C44H31BN2/c1-44(30-16-5-2-6-17-30,31-18-7-3-8-19-31)32-28-40-42-41(29-32)47-38-26-13-11-22-34(38)35-23-15-25-37(43(35)47)45(42)36-24-12-14-27-39(36)46(40)33-20-9-4-10-21-33/h2-29H,1H3. The third-order valence-electron chi connectivity index (χ3n) is 10.7. The highest BCUT2D eigenvalue weighted by Crippen LogP contribution is 2.46. The maximum atomic E-state index is 2.56. The van der Waals surface area contributed by atoms with Gasteiger partial charge in [-0.25, -0.2) is 0 Å². The zero-order valence-electron chi connectivity index (χ0n) is 26.1. The molecule has 0 bridgehead atoms. The van der Waals surface area contributed by atoms with Gasteiger partial charge in [0.1, 0.15) is 0 Å². The molecule has 2 aliphatic rings. The number of fused-ring (bicyclic) bond motifs is 7. The lowest BCUT2D eigenvalue weighted by atomic mass is 9.33. The van der Waals surface area contributed by atoms with Crippen LogP contribution in [0, 0.1) is 0 Å². The molecule has 0 radical (unpaired) electrons. The number of nitrogens with zero attached hydrogens (tertiary/aromatic N) is 2. The van der Waals surface area contributed by atoms with Crippen molar-refractivity contribution in [3.63, 3.8) is 0 Å². The summed E-state index contributed by atoms with van der Waals surface area (Å²) in [6.07, 6.45) is 0. The monoisotopic (exact) mass is 598 g/mol. The highest BCUT2D eigenvalue weighted by atomic mass is 15.2. The van der Waals surface area contributed by atoms with Crippen molar-refractivity contribution < 1.29 is 0 Å². The number of benzene rings is 7. The van der Waals surface area contributed by atoms with Gasteiger partial charge >= 0.3 is 0 Å². The van der Waals surface area contributed by atoms with Crippen LogP contribution in [-0.2, 0) is 5.41 Å². The minimum atomic E-state index is -0.401. The van der Waals surface area contributed by atoms with Crippen molar-refractivity contribution in [2.24, 2.45) is 0 Å². The Hall–Kier alpha value is -5.80. The molecule has 0 aliphatic carbocycles. The Morgan fingerprint density at radius 1 is 0.468 bits per heavy atom. The van der Waals surface area contributed by atoms with Crippen LogP contribution in [0.5, 0.6) is 0 Å². The molecule has 0 atom stereocenters. The second kappa shape index (κ2) is 9.85. The number of hydrogen-bond acceptors (Lipinski definition) is 1. The van der Waals surface area contributed by atoms with E-state index in [2.05, 4.69) is 186 Å². The fourth-order valence-electron chi connectivity index (χ4n) is 8.55. The summed E-state index contributed by atoms with van der Waals surface area (Å²) in [4.78, 5) is 2.50. The van der Waals surface area contributed by atoms with E-state index < -0.39 is 5.41 Å². The van der Waals surface area contributed by atoms with Crippen molar-refractivity contribution >= 4 is 62.0 Å². The molecule has 2 nitrogen and oxygen atoms in total. The van der Waals surface area contributed by atoms with Gasteiger partial charge < -0.3 is 9.47 Å². The topological polar surface area (TPSA) is 8.17 Å². The first kappa shape index (κ1) is 26.4. The molecular weight excluding hydrogens is 567 g/mol. The third kappa shape index (κ3) is 3.57. The number of para-hydroxylation sites is 4. The summed E-state index contributed by atoms with van der Waals surface area (Å²) in [5.41, 5.74) is 15.0. The molecule has 3 heterocycles. The van der Waals surface area contributed by atoms with E-state index in [1.54, 1.807) is 0 Å². The molecule has 7 aromatic carbocycles. The first-order valence-electron chi connectivity index (χ1n) is 16.5. The molecule has 220 valence electrons. The Morgan fingerprint density at radius 3 is 1.79 bits per heavy atom. The lowest BCUT2D eigenvalue weighted by molar-refractivity contribution is 0.692. The van der Waals surface area contributed by atoms with Crippen LogP contribution in [0.2, 0.25) is 0 Å². The summed E-state index contributed by atoms with van der Waals surface area (Å²) in [5, 5.41) is 2.61. The first-order chi connectivity index (χ1) is 23.2. The summed E-state index contributed by atoms with van der Waals surface area (Å²) >= 11 is 0. The average molecular weight is 599 g/mol. The van der Waals surface area contributed by atoms with Crippen LogP contribution >= 0.6 is 0 Å². The van der Waals surface area contributed by atoms with Gasteiger partial charge in [0.15, 0.2) is 0 Å². The van der Waals surface area contributed by atoms with E-state index >= 15 is 0 Å². The van der Waals surface area contributed by atoms with Crippen molar-refractivity contribution in [2.75, 3.05) is 4.90 Å². The van der Waals surface area contributed by atoms with Crippen LogP contribution in [0.3, 0.4) is 0 Å². The van der Waals surface area contributed by atoms with Gasteiger partial charge in [-0.15, -0.1) is 0 Å². The van der Waals surface area contributed by atoms with E-state index in [1.165, 1.54) is 77.6 Å². The highest BCUT2D eigenvalue weighted by Gasteiger charge is 2.43. The molecule has 0 amide bonds. The largest absolute Gasteiger partial charge is 0.311 e. The summed E-state index contributed by atoms with van der Waals surface area (Å²) in [6.45, 7) is 2.51. The van der Waals surface area contributed by atoms with Gasteiger partial charge in [0.2, 0.25) is 0 Å². The molecule has 47 heavy (non-hydrogen) atoms. The van der Waals surface area contributed by atoms with Gasteiger partial charge in [-0.1, -0.05) is 133 Å². The van der Waals surface area contributed by atoms with Gasteiger partial charge in [0.25, 0.3) is 6.71 Å². The first-order valence-corrected chi connectivity index (χ1v) is 16.5. The molecule has 0 unspecified atom stereocenters. The van der Waals surface area contributed by atoms with Crippen LogP contribution < -0.4 is 21.3 Å². The van der Waals surface area contributed by atoms with E-state index in [0.717, 1.165) is 0 Å². The molecule has 10 rings (SSSR count). The van der Waals surface area contributed by atoms with Crippen molar-refractivity contribution in [2.45, 2.75) is 12.3 Å². The van der Waals surface area contributed by atoms with Gasteiger partial charge in [-0.05, 0) is 76.4 Å². The SMILES string of the molecule is CC(c1ccccc1)(c1ccccc1)c1cc2c3c(c1)-n1c4ccccc4c4cccc(c41)B3c1ccccc1N2c1ccccc1. The lowest BCUT2D eigenvalue weighted by Gasteiger charge is -2.42. The normalized spacial score (nSPS) is 13.1. The second-order valence-electron chi connectivity index (χ2n) is 13.0. The minimum absolute atomic E-state index is 0.116. The Kier molecular flexibility index (Phi) is 5.54. The maximum Gasteiger partial charge on any atom is 0.252 e. The predicted molar refractivity (Wildman–Crippen MR) is 199 cm³/mol. The van der Waals surface area contributed by atoms with E-state index in [9.17, 15) is 0 Å². The molecule has 1 aromatic heterocycles. The third-order valence-corrected chi connectivity index (χ3v) is 10.7. The predicted octanol–water partition coefficient (Wildman–Crippen LogP) is 8.75. The van der Waals surface area contributed by atoms with Gasteiger partial charge in [-0.3, -0.25) is 0 Å². The minimum Gasteiger partial charge on any atom is -0.311 e. The van der Waals surface area contributed by atoms with E-state index in [-0.39, 0.29) is 6.71 Å². The van der Waals surface area contributed by atoms with Crippen molar-refractivity contribution in [1.29, 1.82) is 0 Å². The Labute approximate surface area is 275 Å². The molecular formula is C44H31BN2. The molecule has 0 spiro atoms. The van der Waals surface area contributed by atoms with Crippen LogP contribution in [0.25, 0.3) is 27.5 Å². The Morgan fingerprint density at radius 2 is 1.04 bits per heavy atom. The van der Waals surface area contributed by atoms with E-state index in [4.69, 9.17) is 0 Å². The Balaban J connectivity index is 1.40. The van der Waals surface area contributed by atoms with Crippen molar-refractivity contribution in [3.8, 4) is 5.69 Å². The van der Waals surface area contributed by atoms with E-state index in [0.29, 0.717) is 0 Å². The molecule has 8 aromatic rings. The quantitative estimate of drug-likeness (QED) is 0.145. The summed E-state index contributed by atoms with van der Waals surface area (Å²) < 4.78 is 2.56. The number of rotatable bonds is 4. The molecule has 2 aliphatic heterocycles. The van der Waals surface area contributed by atoms with Crippen LogP contribution in [0.15, 0.2) is 170 Å². The van der Waals surface area contributed by atoms with Crippen LogP contribution in [-0.4, -0.2) is 11.3 Å². The van der Waals surface area contributed by atoms with Gasteiger partial charge in [0.05, 0.1) is 5.52 Å². The smallest absolute Gasteiger partial charge is 0.252 e. The fraction of sp³-hybridized carbons (Fsp3) is 0.0455. The maximum absolute atomic E-state index is 2.56. The number of aromatic nitrogens is 1. The molecule has 0 saturated heterocycles. The molecule has 0 saturated carbocycles. The number of anilines is 3. The average Bonchev–Trinajstić information content (AvgIpc) is 3.49. The second-order valence-corrected chi connectivity index (χ2v) is 13.0. The van der Waals surface area contributed by atoms with Gasteiger partial charge in [-0.2, -0.15) is 0 Å². The van der Waals surface area contributed by atoms with Gasteiger partial charge in [0, 0.05) is 44.5 Å². The summed E-state index contributed by atoms with van der Waals surface area (Å²) in [7, 11) is 0. The fourth-order valence-corrected chi connectivity index (χ4v) is 8.55. The molecule has 0 N–H and O–H groups in total. The zero-order valence-corrected chi connectivity index (χ0v) is 26.1. The number of hydrogen-bond donors (Lipinski definition) is 0. The van der Waals surface area contributed by atoms with Crippen molar-refractivity contribution in [3.05, 3.63) is 187 Å². The highest BCUT2D eigenvalue weighted by molar-refractivity contribution is 7.00. The van der Waals surface area contributed by atoms with E-state index in [1.807, 2.05) is 0 Å². The lowest BCUT2D eigenvalue weighted by Crippen LogP contribution is -2.60. The van der Waals surface area contributed by atoms with Crippen LogP contribution in [0.1, 0.15) is 23.6 Å².